The van der Waals surface area contributed by atoms with Gasteiger partial charge in [-0.25, -0.2) is 4.98 Å². The molecule has 2 aliphatic rings. The molecule has 3 N–H and O–H groups in total. The molecule has 2 heterocycles. The largest absolute Gasteiger partial charge is 0.481 e. The van der Waals surface area contributed by atoms with E-state index in [1.807, 2.05) is 26.8 Å². The third-order valence-electron chi connectivity index (χ3n) is 7.35. The van der Waals surface area contributed by atoms with Crippen LogP contribution in [0.15, 0.2) is 24.3 Å². The zero-order valence-corrected chi connectivity index (χ0v) is 24.6. The van der Waals surface area contributed by atoms with Crippen LogP contribution in [0.4, 0.5) is 22.9 Å². The van der Waals surface area contributed by atoms with Crippen molar-refractivity contribution in [1.82, 2.24) is 4.98 Å². The zero-order valence-electron chi connectivity index (χ0n) is 24.6. The lowest BCUT2D eigenvalue weighted by Crippen LogP contribution is -2.38. The Kier molecular flexibility index (Phi) is 10.2. The fourth-order valence-electron chi connectivity index (χ4n) is 4.91. The number of rotatable bonds is 7. The Morgan fingerprint density at radius 3 is 2.45 bits per heavy atom. The monoisotopic (exact) mass is 547 g/mol. The number of nitrogens with one attached hydrogen (secondary N) is 2. The quantitative estimate of drug-likeness (QED) is 0.238. The van der Waals surface area contributed by atoms with Gasteiger partial charge in [0, 0.05) is 20.1 Å². The predicted octanol–water partition coefficient (Wildman–Crippen LogP) is 5.51. The molecule has 1 saturated heterocycles. The van der Waals surface area contributed by atoms with Gasteiger partial charge in [0.25, 0.3) is 0 Å². The van der Waals surface area contributed by atoms with Crippen molar-refractivity contribution in [1.29, 1.82) is 5.41 Å². The molecular formula is C31H41N5O4. The van der Waals surface area contributed by atoms with E-state index >= 15 is 0 Å². The summed E-state index contributed by atoms with van der Waals surface area (Å²) >= 11 is 0. The van der Waals surface area contributed by atoms with Gasteiger partial charge in [-0.1, -0.05) is 26.7 Å². The number of anilines is 4. The van der Waals surface area contributed by atoms with Gasteiger partial charge in [0.05, 0.1) is 23.0 Å². The van der Waals surface area contributed by atoms with Crippen LogP contribution in [0.25, 0.3) is 0 Å². The minimum atomic E-state index is -0.852. The van der Waals surface area contributed by atoms with Crippen molar-refractivity contribution in [2.75, 3.05) is 35.3 Å². The highest BCUT2D eigenvalue weighted by atomic mass is 16.5. The molecule has 0 spiro atoms. The Bertz CT molecular complexity index is 1320. The molecule has 40 heavy (non-hydrogen) atoms. The van der Waals surface area contributed by atoms with Crippen molar-refractivity contribution in [2.24, 2.45) is 11.8 Å². The lowest BCUT2D eigenvalue weighted by Gasteiger charge is -2.32. The number of pyridine rings is 1. The summed E-state index contributed by atoms with van der Waals surface area (Å²) in [6, 6.07) is 7.60. The molecule has 1 aromatic carbocycles. The number of nitrogens with zero attached hydrogens (tertiary/aromatic N) is 3. The van der Waals surface area contributed by atoms with Gasteiger partial charge in [0.2, 0.25) is 5.90 Å². The summed E-state index contributed by atoms with van der Waals surface area (Å²) in [6.07, 6.45) is 1.42. The van der Waals surface area contributed by atoms with E-state index in [4.69, 9.17) is 20.2 Å². The number of hydrogen-bond donors (Lipinski definition) is 3. The average Bonchev–Trinajstić information content (AvgIpc) is 3.34. The zero-order chi connectivity index (χ0) is 29.6. The number of carboxylic acids is 1. The van der Waals surface area contributed by atoms with Gasteiger partial charge in [0.15, 0.2) is 0 Å². The molecule has 1 amide bonds. The number of carbonyl (C=O) groups is 2. The summed E-state index contributed by atoms with van der Waals surface area (Å²) in [6.45, 7) is 13.7. The van der Waals surface area contributed by atoms with Crippen molar-refractivity contribution >= 4 is 40.7 Å². The highest BCUT2D eigenvalue weighted by Gasteiger charge is 2.37. The van der Waals surface area contributed by atoms with Crippen LogP contribution < -0.4 is 15.1 Å². The maximum absolute atomic E-state index is 13.5. The summed E-state index contributed by atoms with van der Waals surface area (Å²) in [5.41, 5.74) is 4.62. The first-order chi connectivity index (χ1) is 19.1. The Labute approximate surface area is 237 Å². The Morgan fingerprint density at radius 2 is 1.88 bits per heavy atom. The van der Waals surface area contributed by atoms with Crippen molar-refractivity contribution < 1.29 is 19.4 Å². The van der Waals surface area contributed by atoms with E-state index in [1.165, 1.54) is 4.90 Å². The summed E-state index contributed by atoms with van der Waals surface area (Å²) in [5, 5.41) is 20.8. The van der Waals surface area contributed by atoms with Gasteiger partial charge in [-0.15, -0.1) is 0 Å². The SMILES string of the molecule is CC.CC#CC(=O)N(c1ccc(NC)c(C(=N)OC2CC(C(=O)O)C2)n1)c1cc(C)c(C)cc1N1CCC(C)C1. The Balaban J connectivity index is 0.00000216. The standard InChI is InChI=1S/C29H35N5O4.C2H6/c1-6-7-26(35)34(24-13-19(4)18(3)12-23(24)33-11-10-17(2)16-33)25-9-8-22(31-5)27(32-25)28(30)38-21-14-20(15-21)29(36)37;1-2/h8-9,12-13,17,20-21,30-31H,10-11,14-16H2,1-5H3,(H,36,37);1-2H3. The topological polar surface area (TPSA) is 119 Å². The van der Waals surface area contributed by atoms with Gasteiger partial charge < -0.3 is 20.1 Å². The number of aryl methyl sites for hydroxylation is 2. The summed E-state index contributed by atoms with van der Waals surface area (Å²) in [4.78, 5) is 33.2. The molecule has 214 valence electrons. The highest BCUT2D eigenvalue weighted by molar-refractivity contribution is 6.12. The second-order valence-electron chi connectivity index (χ2n) is 10.2. The fraction of sp³-hybridized carbons (Fsp3) is 0.484. The number of aromatic nitrogens is 1. The minimum absolute atomic E-state index is 0.173. The number of ether oxygens (including phenoxy) is 1. The molecule has 9 nitrogen and oxygen atoms in total. The van der Waals surface area contributed by atoms with Crippen LogP contribution in [0.1, 0.15) is 63.8 Å². The molecule has 1 aliphatic carbocycles. The highest BCUT2D eigenvalue weighted by Crippen LogP contribution is 2.39. The maximum Gasteiger partial charge on any atom is 0.308 e. The molecule has 0 radical (unpaired) electrons. The van der Waals surface area contributed by atoms with Crippen molar-refractivity contribution in [3.8, 4) is 11.8 Å². The van der Waals surface area contributed by atoms with Crippen molar-refractivity contribution in [2.45, 2.75) is 66.9 Å². The molecule has 2 aromatic rings. The van der Waals surface area contributed by atoms with Crippen LogP contribution in [0.5, 0.6) is 0 Å². The van der Waals surface area contributed by atoms with Crippen LogP contribution in [-0.4, -0.2) is 54.1 Å². The van der Waals surface area contributed by atoms with Gasteiger partial charge in [-0.05, 0) is 87.3 Å². The number of carbonyl (C=O) groups excluding carboxylic acids is 1. The second-order valence-corrected chi connectivity index (χ2v) is 10.2. The molecular weight excluding hydrogens is 506 g/mol. The van der Waals surface area contributed by atoms with Gasteiger partial charge >= 0.3 is 11.9 Å². The number of aliphatic carboxylic acids is 1. The summed E-state index contributed by atoms with van der Waals surface area (Å²) in [5.74, 6) is 4.36. The van der Waals surface area contributed by atoms with E-state index in [9.17, 15) is 9.59 Å². The van der Waals surface area contributed by atoms with Crippen LogP contribution in [0.3, 0.4) is 0 Å². The molecule has 1 aromatic heterocycles. The van der Waals surface area contributed by atoms with Crippen LogP contribution in [-0.2, 0) is 14.3 Å². The molecule has 4 rings (SSSR count). The van der Waals surface area contributed by atoms with Crippen molar-refractivity contribution in [3.63, 3.8) is 0 Å². The number of hydrogen-bond acceptors (Lipinski definition) is 7. The molecule has 1 aliphatic heterocycles. The van der Waals surface area contributed by atoms with Gasteiger partial charge in [-0.3, -0.25) is 19.9 Å². The molecule has 1 atom stereocenters. The average molecular weight is 548 g/mol. The van der Waals surface area contributed by atoms with E-state index in [1.54, 1.807) is 26.1 Å². The molecule has 1 unspecified atom stereocenters. The van der Waals surface area contributed by atoms with Crippen LogP contribution >= 0.6 is 0 Å². The van der Waals surface area contributed by atoms with E-state index < -0.39 is 17.8 Å². The normalized spacial score (nSPS) is 19.3. The Hall–Kier alpha value is -4.06. The smallest absolute Gasteiger partial charge is 0.308 e. The Morgan fingerprint density at radius 1 is 1.20 bits per heavy atom. The summed E-state index contributed by atoms with van der Waals surface area (Å²) in [7, 11) is 1.72. The molecule has 0 bridgehead atoms. The first kappa shape index (κ1) is 30.5. The van der Waals surface area contributed by atoms with Crippen LogP contribution in [0, 0.1) is 42.9 Å². The number of benzene rings is 1. The number of carboxylic acid groups (broad SMARTS) is 1. The second kappa shape index (κ2) is 13.3. The van der Waals surface area contributed by atoms with E-state index in [2.05, 4.69) is 42.0 Å². The lowest BCUT2D eigenvalue weighted by atomic mass is 9.82. The van der Waals surface area contributed by atoms with E-state index in [0.29, 0.717) is 36.0 Å². The minimum Gasteiger partial charge on any atom is -0.481 e. The lowest BCUT2D eigenvalue weighted by molar-refractivity contribution is -0.148. The first-order valence-electron chi connectivity index (χ1n) is 13.9. The third kappa shape index (κ3) is 6.56. The molecule has 2 fully saturated rings. The summed E-state index contributed by atoms with van der Waals surface area (Å²) < 4.78 is 5.77. The number of amides is 1. The molecule has 9 heteroatoms. The van der Waals surface area contributed by atoms with Gasteiger partial charge in [0.1, 0.15) is 17.6 Å². The van der Waals surface area contributed by atoms with E-state index in [0.717, 1.165) is 36.3 Å². The maximum atomic E-state index is 13.5. The predicted molar refractivity (Wildman–Crippen MR) is 160 cm³/mol. The third-order valence-corrected chi connectivity index (χ3v) is 7.35. The molecule has 1 saturated carbocycles. The first-order valence-corrected chi connectivity index (χ1v) is 13.9. The van der Waals surface area contributed by atoms with Crippen molar-refractivity contribution in [3.05, 3.63) is 41.1 Å². The van der Waals surface area contributed by atoms with E-state index in [-0.39, 0.29) is 17.7 Å². The fourth-order valence-corrected chi connectivity index (χ4v) is 4.91. The van der Waals surface area contributed by atoms with Gasteiger partial charge in [-0.2, -0.15) is 0 Å². The van der Waals surface area contributed by atoms with Crippen LogP contribution in [0.2, 0.25) is 0 Å².